The number of carbonyl (C=O) groups is 3. The molecule has 3 amide bonds. The molecule has 0 saturated carbocycles. The zero-order valence-electron chi connectivity index (χ0n) is 11.9. The average molecular weight is 282 g/mol. The van der Waals surface area contributed by atoms with Gasteiger partial charge >= 0.3 is 11.8 Å². The maximum atomic E-state index is 12.1. The Hall–Kier alpha value is -1.63. The van der Waals surface area contributed by atoms with Crippen LogP contribution in [0.4, 0.5) is 0 Å². The van der Waals surface area contributed by atoms with Crippen LogP contribution in [-0.2, 0) is 14.4 Å². The van der Waals surface area contributed by atoms with Crippen molar-refractivity contribution in [2.75, 3.05) is 39.3 Å². The van der Waals surface area contributed by atoms with E-state index in [0.29, 0.717) is 39.3 Å². The second kappa shape index (κ2) is 6.21. The fraction of sp³-hybridized carbons (Fsp3) is 0.769. The minimum atomic E-state index is -0.418. The Morgan fingerprint density at radius 2 is 1.30 bits per heavy atom. The zero-order chi connectivity index (χ0) is 14.7. The molecule has 1 atom stereocenters. The third kappa shape index (κ3) is 3.09. The van der Waals surface area contributed by atoms with Crippen molar-refractivity contribution in [3.63, 3.8) is 0 Å². The van der Waals surface area contributed by atoms with Crippen molar-refractivity contribution < 1.29 is 14.4 Å². The second-order valence-electron chi connectivity index (χ2n) is 5.41. The predicted octanol–water partition coefficient (Wildman–Crippen LogP) is -1.37. The molecule has 0 spiro atoms. The standard InChI is InChI=1S/C13H22N4O3/c1-10(11(14)18)15-6-8-17(9-7-15)13(20)12(19)16-4-2-3-5-16/h10H,2-9H2,1H3,(H2,14,18). The van der Waals surface area contributed by atoms with Crippen molar-refractivity contribution in [1.29, 1.82) is 0 Å². The van der Waals surface area contributed by atoms with E-state index in [1.807, 2.05) is 4.90 Å². The highest BCUT2D eigenvalue weighted by atomic mass is 16.2. The van der Waals surface area contributed by atoms with Gasteiger partial charge in [-0.05, 0) is 19.8 Å². The van der Waals surface area contributed by atoms with Crippen LogP contribution in [0.5, 0.6) is 0 Å². The van der Waals surface area contributed by atoms with Crippen molar-refractivity contribution in [3.8, 4) is 0 Å². The van der Waals surface area contributed by atoms with Gasteiger partial charge in [0, 0.05) is 39.3 Å². The molecule has 7 heteroatoms. The largest absolute Gasteiger partial charge is 0.368 e. The number of piperazine rings is 1. The molecule has 0 bridgehead atoms. The molecule has 2 heterocycles. The highest BCUT2D eigenvalue weighted by Crippen LogP contribution is 2.11. The lowest BCUT2D eigenvalue weighted by molar-refractivity contribution is -0.152. The summed E-state index contributed by atoms with van der Waals surface area (Å²) in [6.45, 7) is 5.21. The molecule has 2 saturated heterocycles. The molecular weight excluding hydrogens is 260 g/mol. The summed E-state index contributed by atoms with van der Waals surface area (Å²) in [5, 5.41) is 0. The van der Waals surface area contributed by atoms with Gasteiger partial charge < -0.3 is 15.5 Å². The summed E-state index contributed by atoms with van der Waals surface area (Å²) in [4.78, 5) is 40.4. The number of carbonyl (C=O) groups excluding carboxylic acids is 3. The van der Waals surface area contributed by atoms with Gasteiger partial charge in [0.1, 0.15) is 0 Å². The molecular formula is C13H22N4O3. The summed E-state index contributed by atoms with van der Waals surface area (Å²) >= 11 is 0. The van der Waals surface area contributed by atoms with Crippen molar-refractivity contribution in [2.24, 2.45) is 5.73 Å². The molecule has 2 rings (SSSR count). The van der Waals surface area contributed by atoms with Crippen molar-refractivity contribution >= 4 is 17.7 Å². The zero-order valence-corrected chi connectivity index (χ0v) is 11.9. The topological polar surface area (TPSA) is 87.0 Å². The van der Waals surface area contributed by atoms with Crippen LogP contribution in [0.25, 0.3) is 0 Å². The van der Waals surface area contributed by atoms with E-state index in [2.05, 4.69) is 0 Å². The molecule has 0 radical (unpaired) electrons. The normalized spacial score (nSPS) is 21.9. The SMILES string of the molecule is CC(C(N)=O)N1CCN(C(=O)C(=O)N2CCCC2)CC1. The summed E-state index contributed by atoms with van der Waals surface area (Å²) in [6.07, 6.45) is 1.95. The van der Waals surface area contributed by atoms with Crippen LogP contribution in [0.3, 0.4) is 0 Å². The highest BCUT2D eigenvalue weighted by Gasteiger charge is 2.32. The summed E-state index contributed by atoms with van der Waals surface area (Å²) in [7, 11) is 0. The Kier molecular flexibility index (Phi) is 4.59. The number of hydrogen-bond donors (Lipinski definition) is 1. The first-order valence-corrected chi connectivity index (χ1v) is 7.12. The predicted molar refractivity (Wildman–Crippen MR) is 72.6 cm³/mol. The first kappa shape index (κ1) is 14.8. The third-order valence-electron chi connectivity index (χ3n) is 4.14. The van der Waals surface area contributed by atoms with Crippen LogP contribution in [0.15, 0.2) is 0 Å². The minimum Gasteiger partial charge on any atom is -0.368 e. The van der Waals surface area contributed by atoms with E-state index < -0.39 is 5.91 Å². The maximum Gasteiger partial charge on any atom is 0.312 e. The minimum absolute atomic E-state index is 0.332. The summed E-state index contributed by atoms with van der Waals surface area (Å²) in [5.41, 5.74) is 5.27. The number of primary amides is 1. The van der Waals surface area contributed by atoms with E-state index in [9.17, 15) is 14.4 Å². The van der Waals surface area contributed by atoms with Crippen LogP contribution in [0.1, 0.15) is 19.8 Å². The van der Waals surface area contributed by atoms with Crippen molar-refractivity contribution in [2.45, 2.75) is 25.8 Å². The van der Waals surface area contributed by atoms with Gasteiger partial charge in [-0.15, -0.1) is 0 Å². The Labute approximate surface area is 118 Å². The molecule has 2 fully saturated rings. The third-order valence-corrected chi connectivity index (χ3v) is 4.14. The number of amides is 3. The van der Waals surface area contributed by atoms with E-state index in [1.54, 1.807) is 16.7 Å². The van der Waals surface area contributed by atoms with Crippen LogP contribution in [-0.4, -0.2) is 77.7 Å². The monoisotopic (exact) mass is 282 g/mol. The maximum absolute atomic E-state index is 12.1. The van der Waals surface area contributed by atoms with Gasteiger partial charge in [-0.2, -0.15) is 0 Å². The van der Waals surface area contributed by atoms with E-state index in [4.69, 9.17) is 5.73 Å². The first-order valence-electron chi connectivity index (χ1n) is 7.12. The van der Waals surface area contributed by atoms with Gasteiger partial charge in [-0.3, -0.25) is 19.3 Å². The molecule has 112 valence electrons. The van der Waals surface area contributed by atoms with E-state index in [1.165, 1.54) is 0 Å². The smallest absolute Gasteiger partial charge is 0.312 e. The number of rotatable bonds is 2. The molecule has 0 aromatic carbocycles. The molecule has 1 unspecified atom stereocenters. The van der Waals surface area contributed by atoms with Crippen molar-refractivity contribution in [1.82, 2.24) is 14.7 Å². The molecule has 2 aliphatic heterocycles. The lowest BCUT2D eigenvalue weighted by Crippen LogP contribution is -2.56. The van der Waals surface area contributed by atoms with Gasteiger partial charge in [-0.1, -0.05) is 0 Å². The van der Waals surface area contributed by atoms with Crippen LogP contribution in [0.2, 0.25) is 0 Å². The van der Waals surface area contributed by atoms with Crippen molar-refractivity contribution in [3.05, 3.63) is 0 Å². The van der Waals surface area contributed by atoms with Crippen LogP contribution < -0.4 is 5.73 Å². The van der Waals surface area contributed by atoms with Gasteiger partial charge in [0.05, 0.1) is 6.04 Å². The Morgan fingerprint density at radius 3 is 1.75 bits per heavy atom. The van der Waals surface area contributed by atoms with Gasteiger partial charge in [0.2, 0.25) is 5.91 Å². The quantitative estimate of drug-likeness (QED) is 0.633. The number of likely N-dealkylation sites (tertiary alicyclic amines) is 1. The molecule has 0 aromatic rings. The number of hydrogen-bond acceptors (Lipinski definition) is 4. The molecule has 0 aromatic heterocycles. The fourth-order valence-electron chi connectivity index (χ4n) is 2.68. The van der Waals surface area contributed by atoms with Crippen LogP contribution >= 0.6 is 0 Å². The summed E-state index contributed by atoms with van der Waals surface area (Å²) in [6, 6.07) is -0.332. The first-order chi connectivity index (χ1) is 9.50. The Morgan fingerprint density at radius 1 is 0.850 bits per heavy atom. The second-order valence-corrected chi connectivity index (χ2v) is 5.41. The molecule has 2 N–H and O–H groups in total. The lowest BCUT2D eigenvalue weighted by Gasteiger charge is -2.37. The molecule has 7 nitrogen and oxygen atoms in total. The highest BCUT2D eigenvalue weighted by molar-refractivity contribution is 6.34. The number of nitrogens with two attached hydrogens (primary N) is 1. The summed E-state index contributed by atoms with van der Waals surface area (Å²) in [5.74, 6) is -1.17. The van der Waals surface area contributed by atoms with Gasteiger partial charge in [-0.25, -0.2) is 0 Å². The van der Waals surface area contributed by atoms with Crippen LogP contribution in [0, 0.1) is 0 Å². The molecule has 2 aliphatic rings. The van der Waals surface area contributed by atoms with Gasteiger partial charge in [0.15, 0.2) is 0 Å². The molecule has 20 heavy (non-hydrogen) atoms. The number of nitrogens with zero attached hydrogens (tertiary/aromatic N) is 3. The molecule has 0 aliphatic carbocycles. The van der Waals surface area contributed by atoms with Gasteiger partial charge in [0.25, 0.3) is 0 Å². The van der Waals surface area contributed by atoms with E-state index in [-0.39, 0.29) is 17.9 Å². The Balaban J connectivity index is 1.85. The van der Waals surface area contributed by atoms with E-state index in [0.717, 1.165) is 12.8 Å². The fourth-order valence-corrected chi connectivity index (χ4v) is 2.68. The lowest BCUT2D eigenvalue weighted by atomic mass is 10.2. The summed E-state index contributed by atoms with van der Waals surface area (Å²) < 4.78 is 0. The van der Waals surface area contributed by atoms with E-state index >= 15 is 0 Å². The average Bonchev–Trinajstić information content (AvgIpc) is 2.99. The Bertz CT molecular complexity index is 398.